The summed E-state index contributed by atoms with van der Waals surface area (Å²) in [5, 5.41) is 9.10. The fourth-order valence-corrected chi connectivity index (χ4v) is 2.58. The average molecular weight is 309 g/mol. The molecule has 0 aromatic heterocycles. The van der Waals surface area contributed by atoms with Gasteiger partial charge in [0, 0.05) is 11.1 Å². The Hall–Kier alpha value is -2.99. The van der Waals surface area contributed by atoms with E-state index < -0.39 is 24.6 Å². The van der Waals surface area contributed by atoms with Gasteiger partial charge in [0.15, 0.2) is 6.17 Å². The van der Waals surface area contributed by atoms with E-state index in [0.29, 0.717) is 17.0 Å². The SMILES string of the molecule is N[C@@H]1N=C(c2ccccc2)c2ccccc2N(CC(=O)O)C1=O. The van der Waals surface area contributed by atoms with Gasteiger partial charge < -0.3 is 10.8 Å². The number of para-hydroxylation sites is 1. The Morgan fingerprint density at radius 3 is 2.48 bits per heavy atom. The molecule has 0 saturated carbocycles. The summed E-state index contributed by atoms with van der Waals surface area (Å²) < 4.78 is 0. The Morgan fingerprint density at radius 1 is 1.13 bits per heavy atom. The van der Waals surface area contributed by atoms with Gasteiger partial charge >= 0.3 is 5.97 Å². The predicted molar refractivity (Wildman–Crippen MR) is 86.5 cm³/mol. The van der Waals surface area contributed by atoms with Gasteiger partial charge in [-0.2, -0.15) is 0 Å². The molecule has 1 atom stereocenters. The van der Waals surface area contributed by atoms with Crippen LogP contribution in [-0.2, 0) is 9.59 Å². The molecule has 0 spiro atoms. The van der Waals surface area contributed by atoms with E-state index >= 15 is 0 Å². The van der Waals surface area contributed by atoms with Crippen molar-refractivity contribution in [3.8, 4) is 0 Å². The lowest BCUT2D eigenvalue weighted by Crippen LogP contribution is -2.44. The van der Waals surface area contributed by atoms with Gasteiger partial charge in [0.25, 0.3) is 5.91 Å². The summed E-state index contributed by atoms with van der Waals surface area (Å²) in [4.78, 5) is 29.1. The Balaban J connectivity index is 2.20. The highest BCUT2D eigenvalue weighted by Crippen LogP contribution is 2.27. The van der Waals surface area contributed by atoms with E-state index in [9.17, 15) is 9.59 Å². The molecule has 116 valence electrons. The Morgan fingerprint density at radius 2 is 1.78 bits per heavy atom. The van der Waals surface area contributed by atoms with Crippen LogP contribution in [0.25, 0.3) is 0 Å². The summed E-state index contributed by atoms with van der Waals surface area (Å²) in [5.41, 5.74) is 8.46. The van der Waals surface area contributed by atoms with Crippen LogP contribution in [0, 0.1) is 0 Å². The van der Waals surface area contributed by atoms with Gasteiger partial charge in [0.2, 0.25) is 0 Å². The van der Waals surface area contributed by atoms with Gasteiger partial charge in [0.05, 0.1) is 11.4 Å². The second-order valence-corrected chi connectivity index (χ2v) is 5.12. The molecule has 1 aliphatic heterocycles. The van der Waals surface area contributed by atoms with Crippen LogP contribution in [-0.4, -0.2) is 35.4 Å². The van der Waals surface area contributed by atoms with E-state index in [2.05, 4.69) is 4.99 Å². The maximum atomic E-state index is 12.5. The number of carboxylic acids is 1. The molecular formula is C17H15N3O3. The third-order valence-corrected chi connectivity index (χ3v) is 3.58. The Bertz CT molecular complexity index is 787. The predicted octanol–water partition coefficient (Wildman–Crippen LogP) is 1.24. The molecule has 0 fully saturated rings. The number of carbonyl (C=O) groups excluding carboxylic acids is 1. The highest BCUT2D eigenvalue weighted by atomic mass is 16.4. The molecule has 0 aliphatic carbocycles. The number of anilines is 1. The first-order valence-electron chi connectivity index (χ1n) is 7.09. The highest BCUT2D eigenvalue weighted by molar-refractivity contribution is 6.20. The number of nitrogens with zero attached hydrogens (tertiary/aromatic N) is 2. The summed E-state index contributed by atoms with van der Waals surface area (Å²) in [6, 6.07) is 16.4. The van der Waals surface area contributed by atoms with E-state index in [-0.39, 0.29) is 0 Å². The lowest BCUT2D eigenvalue weighted by atomic mass is 10.0. The fraction of sp³-hybridized carbons (Fsp3) is 0.118. The third-order valence-electron chi connectivity index (χ3n) is 3.58. The monoisotopic (exact) mass is 309 g/mol. The number of nitrogens with two attached hydrogens (primary N) is 1. The first-order valence-corrected chi connectivity index (χ1v) is 7.09. The normalized spacial score (nSPS) is 17.3. The van der Waals surface area contributed by atoms with E-state index in [0.717, 1.165) is 5.56 Å². The van der Waals surface area contributed by atoms with Crippen molar-refractivity contribution in [1.29, 1.82) is 0 Å². The number of benzodiazepines with no additional fused rings is 1. The number of carboxylic acid groups (broad SMARTS) is 1. The molecule has 1 amide bonds. The topological polar surface area (TPSA) is 96.0 Å². The van der Waals surface area contributed by atoms with Crippen molar-refractivity contribution in [1.82, 2.24) is 0 Å². The van der Waals surface area contributed by atoms with Gasteiger partial charge in [0.1, 0.15) is 6.54 Å². The third kappa shape index (κ3) is 2.84. The number of aliphatic carboxylic acids is 1. The number of aliphatic imine (C=N–C) groups is 1. The van der Waals surface area contributed by atoms with Crippen molar-refractivity contribution in [2.24, 2.45) is 10.7 Å². The summed E-state index contributed by atoms with van der Waals surface area (Å²) >= 11 is 0. The molecule has 2 aromatic rings. The number of carbonyl (C=O) groups is 2. The van der Waals surface area contributed by atoms with E-state index in [1.165, 1.54) is 4.90 Å². The number of fused-ring (bicyclic) bond motifs is 1. The standard InChI is InChI=1S/C17H15N3O3/c18-16-17(23)20(10-14(21)22)13-9-5-4-8-12(13)15(19-16)11-6-2-1-3-7-11/h1-9,16H,10,18H2,(H,21,22)/t16-/m1/s1. The molecule has 1 aliphatic rings. The molecule has 23 heavy (non-hydrogen) atoms. The smallest absolute Gasteiger partial charge is 0.323 e. The largest absolute Gasteiger partial charge is 0.480 e. The molecule has 1 heterocycles. The van der Waals surface area contributed by atoms with Crippen molar-refractivity contribution in [3.05, 3.63) is 65.7 Å². The summed E-state index contributed by atoms with van der Waals surface area (Å²) in [7, 11) is 0. The average Bonchev–Trinajstić information content (AvgIpc) is 2.66. The fourth-order valence-electron chi connectivity index (χ4n) is 2.58. The quantitative estimate of drug-likeness (QED) is 0.891. The zero-order valence-corrected chi connectivity index (χ0v) is 12.2. The maximum absolute atomic E-state index is 12.5. The first kappa shape index (κ1) is 14.9. The molecule has 0 saturated heterocycles. The first-order chi connectivity index (χ1) is 11.1. The minimum Gasteiger partial charge on any atom is -0.480 e. The van der Waals surface area contributed by atoms with Crippen LogP contribution in [0.15, 0.2) is 59.6 Å². The van der Waals surface area contributed by atoms with Gasteiger partial charge in [-0.1, -0.05) is 48.5 Å². The number of benzene rings is 2. The van der Waals surface area contributed by atoms with Crippen LogP contribution in [0.2, 0.25) is 0 Å². The number of rotatable bonds is 3. The van der Waals surface area contributed by atoms with Crippen molar-refractivity contribution in [2.75, 3.05) is 11.4 Å². The van der Waals surface area contributed by atoms with Gasteiger partial charge in [-0.05, 0) is 6.07 Å². The minimum atomic E-state index is -1.14. The van der Waals surface area contributed by atoms with Crippen LogP contribution in [0.4, 0.5) is 5.69 Å². The Labute approximate surface area is 132 Å². The molecule has 0 unspecified atom stereocenters. The van der Waals surface area contributed by atoms with Crippen molar-refractivity contribution >= 4 is 23.3 Å². The van der Waals surface area contributed by atoms with Crippen molar-refractivity contribution < 1.29 is 14.7 Å². The second kappa shape index (κ2) is 6.02. The minimum absolute atomic E-state index is 0.457. The van der Waals surface area contributed by atoms with Gasteiger partial charge in [-0.25, -0.2) is 0 Å². The number of hydrogen-bond donors (Lipinski definition) is 2. The lowest BCUT2D eigenvalue weighted by Gasteiger charge is -2.22. The van der Waals surface area contributed by atoms with Crippen LogP contribution in [0.5, 0.6) is 0 Å². The van der Waals surface area contributed by atoms with E-state index in [4.69, 9.17) is 10.8 Å². The zero-order valence-electron chi connectivity index (χ0n) is 12.2. The van der Waals surface area contributed by atoms with E-state index in [1.807, 2.05) is 36.4 Å². The highest BCUT2D eigenvalue weighted by Gasteiger charge is 2.30. The van der Waals surface area contributed by atoms with Crippen LogP contribution in [0.3, 0.4) is 0 Å². The molecule has 0 bridgehead atoms. The molecule has 2 aromatic carbocycles. The molecule has 6 heteroatoms. The summed E-state index contributed by atoms with van der Waals surface area (Å²) in [6.07, 6.45) is -1.14. The van der Waals surface area contributed by atoms with Gasteiger partial charge in [-0.15, -0.1) is 0 Å². The summed E-state index contributed by atoms with van der Waals surface area (Å²) in [6.45, 7) is -0.457. The lowest BCUT2D eigenvalue weighted by molar-refractivity contribution is -0.136. The Kier molecular flexibility index (Phi) is 3.91. The van der Waals surface area contributed by atoms with Crippen LogP contribution < -0.4 is 10.6 Å². The van der Waals surface area contributed by atoms with E-state index in [1.54, 1.807) is 18.2 Å². The van der Waals surface area contributed by atoms with Crippen molar-refractivity contribution in [2.45, 2.75) is 6.17 Å². The molecular weight excluding hydrogens is 294 g/mol. The number of hydrogen-bond acceptors (Lipinski definition) is 4. The maximum Gasteiger partial charge on any atom is 0.323 e. The molecule has 6 nitrogen and oxygen atoms in total. The number of amides is 1. The van der Waals surface area contributed by atoms with Gasteiger partial charge in [-0.3, -0.25) is 19.5 Å². The molecule has 3 rings (SSSR count). The molecule has 3 N–H and O–H groups in total. The van der Waals surface area contributed by atoms with Crippen LogP contribution >= 0.6 is 0 Å². The van der Waals surface area contributed by atoms with Crippen LogP contribution in [0.1, 0.15) is 11.1 Å². The van der Waals surface area contributed by atoms with Crippen molar-refractivity contribution in [3.63, 3.8) is 0 Å². The second-order valence-electron chi connectivity index (χ2n) is 5.12. The summed E-state index contributed by atoms with van der Waals surface area (Å²) in [5.74, 6) is -1.64. The molecule has 0 radical (unpaired) electrons. The zero-order chi connectivity index (χ0) is 16.4.